The monoisotopic (exact) mass is 1110 g/mol. The van der Waals surface area contributed by atoms with E-state index in [1.165, 1.54) is 29.2 Å². The molecule has 9 amide bonds. The Hall–Kier alpha value is -7.18. The fourth-order valence-electron chi connectivity index (χ4n) is 8.17. The lowest BCUT2D eigenvalue weighted by Gasteiger charge is -2.31. The molecule has 2 rings (SSSR count). The number of likely N-dealkylation sites (tertiary alicyclic amines) is 1. The summed E-state index contributed by atoms with van der Waals surface area (Å²) in [6.45, 7) is 1.09. The van der Waals surface area contributed by atoms with Crippen molar-refractivity contribution in [2.24, 2.45) is 34.4 Å². The molecule has 25 N–H and O–H groups in total. The number of carboxylic acid groups (broad SMARTS) is 1. The molecule has 30 heteroatoms. The second-order valence-corrected chi connectivity index (χ2v) is 18.9. The third kappa shape index (κ3) is 25.5. The summed E-state index contributed by atoms with van der Waals surface area (Å²) < 4.78 is 0. The quantitative estimate of drug-likeness (QED) is 0.0129. The van der Waals surface area contributed by atoms with Crippen molar-refractivity contribution in [2.45, 2.75) is 145 Å². The number of hydrogen-bond donors (Lipinski definition) is 20. The lowest BCUT2D eigenvalue weighted by atomic mass is 10.0. The Kier molecular flexibility index (Phi) is 30.8. The van der Waals surface area contributed by atoms with Crippen LogP contribution in [0, 0.1) is 10.8 Å². The van der Waals surface area contributed by atoms with Gasteiger partial charge in [-0.3, -0.25) is 44.4 Å². The highest BCUT2D eigenvalue weighted by atomic mass is 32.1. The van der Waals surface area contributed by atoms with Crippen LogP contribution in [0.1, 0.15) is 95.5 Å². The number of guanidine groups is 2. The Morgan fingerprint density at radius 2 is 1.05 bits per heavy atom. The molecule has 0 aromatic heterocycles. The van der Waals surface area contributed by atoms with Gasteiger partial charge in [-0.05, 0) is 114 Å². The van der Waals surface area contributed by atoms with Crippen LogP contribution in [0.25, 0.3) is 0 Å². The van der Waals surface area contributed by atoms with E-state index in [0.29, 0.717) is 57.2 Å². The molecule has 77 heavy (non-hydrogen) atoms. The fraction of sp³-hybridized carbons (Fsp3) is 0.638. The molecule has 0 bridgehead atoms. The van der Waals surface area contributed by atoms with Crippen LogP contribution < -0.4 is 82.3 Å². The van der Waals surface area contributed by atoms with Crippen molar-refractivity contribution in [1.82, 2.24) is 52.8 Å². The Morgan fingerprint density at radius 3 is 1.56 bits per heavy atom. The van der Waals surface area contributed by atoms with Gasteiger partial charge in [-0.25, -0.2) is 9.59 Å². The SMILES string of the molecule is N=C(N)NCCC[C@H](NC(=O)[C@H](CS)NC(=O)[C@H](CCCNC(N)=O)NC(=O)[C@H](CCCNC(=N)N)NC(=O)[C@H](Cc1ccc(O)cc1)NC(=O)[C@@H]1CCCN1C(=O)[C@@H](CCCCN)NC(=O)[C@@H](N)CCCCN)C(=O)O. The number of amides is 9. The number of hydrogen-bond acceptors (Lipinski definition) is 16. The number of aromatic hydroxyl groups is 1. The zero-order chi connectivity index (χ0) is 57.5. The molecule has 432 valence electrons. The number of unbranched alkanes of at least 4 members (excludes halogenated alkanes) is 2. The summed E-state index contributed by atoms with van der Waals surface area (Å²) in [4.78, 5) is 123. The summed E-state index contributed by atoms with van der Waals surface area (Å²) in [6, 6.07) is -5.26. The van der Waals surface area contributed by atoms with Crippen LogP contribution in [0.3, 0.4) is 0 Å². The van der Waals surface area contributed by atoms with Crippen molar-refractivity contribution >= 4 is 77.9 Å². The minimum absolute atomic E-state index is 0.0445. The Labute approximate surface area is 453 Å². The number of phenols is 1. The van der Waals surface area contributed by atoms with Crippen LogP contribution in [-0.2, 0) is 44.8 Å². The van der Waals surface area contributed by atoms with Crippen molar-refractivity contribution in [3.05, 3.63) is 29.8 Å². The molecule has 0 aliphatic carbocycles. The molecule has 1 saturated heterocycles. The lowest BCUT2D eigenvalue weighted by Crippen LogP contribution is -2.60. The fourth-order valence-corrected chi connectivity index (χ4v) is 8.43. The summed E-state index contributed by atoms with van der Waals surface area (Å²) in [5, 5.41) is 57.8. The van der Waals surface area contributed by atoms with E-state index in [9.17, 15) is 53.4 Å². The molecule has 0 unspecified atom stereocenters. The number of carboxylic acids is 1. The highest BCUT2D eigenvalue weighted by molar-refractivity contribution is 7.80. The normalized spacial score (nSPS) is 15.6. The summed E-state index contributed by atoms with van der Waals surface area (Å²) in [6.07, 6.45) is 3.30. The molecular weight excluding hydrogens is 1020 g/mol. The number of aliphatic carboxylic acids is 1. The summed E-state index contributed by atoms with van der Waals surface area (Å²) in [5.74, 6) is -7.88. The van der Waals surface area contributed by atoms with Gasteiger partial charge in [0.15, 0.2) is 11.9 Å². The van der Waals surface area contributed by atoms with Gasteiger partial charge in [-0.1, -0.05) is 18.6 Å². The number of carbonyl (C=O) groups is 9. The van der Waals surface area contributed by atoms with Crippen LogP contribution in [0.15, 0.2) is 24.3 Å². The van der Waals surface area contributed by atoms with Gasteiger partial charge >= 0.3 is 12.0 Å². The van der Waals surface area contributed by atoms with Crippen LogP contribution in [-0.4, -0.2) is 174 Å². The molecule has 0 spiro atoms. The maximum Gasteiger partial charge on any atom is 0.326 e. The third-order valence-electron chi connectivity index (χ3n) is 12.4. The zero-order valence-electron chi connectivity index (χ0n) is 43.4. The Morgan fingerprint density at radius 1 is 0.597 bits per heavy atom. The first-order valence-electron chi connectivity index (χ1n) is 25.7. The number of nitrogens with zero attached hydrogens (tertiary/aromatic N) is 1. The van der Waals surface area contributed by atoms with Crippen molar-refractivity contribution in [2.75, 3.05) is 45.0 Å². The number of thiol groups is 1. The van der Waals surface area contributed by atoms with E-state index in [2.05, 4.69) is 60.5 Å². The number of benzene rings is 1. The average molecular weight is 1110 g/mol. The highest BCUT2D eigenvalue weighted by Crippen LogP contribution is 2.21. The number of nitrogens with two attached hydrogens (primary N) is 6. The van der Waals surface area contributed by atoms with Crippen molar-refractivity contribution in [3.8, 4) is 5.75 Å². The van der Waals surface area contributed by atoms with Crippen LogP contribution in [0.2, 0.25) is 0 Å². The molecule has 8 atom stereocenters. The Balaban J connectivity index is 2.48. The molecule has 1 fully saturated rings. The molecule has 1 heterocycles. The predicted molar refractivity (Wildman–Crippen MR) is 289 cm³/mol. The van der Waals surface area contributed by atoms with Gasteiger partial charge in [0.05, 0.1) is 6.04 Å². The van der Waals surface area contributed by atoms with Crippen LogP contribution in [0.4, 0.5) is 4.79 Å². The predicted octanol–water partition coefficient (Wildman–Crippen LogP) is -4.59. The second kappa shape index (κ2) is 36.0. The number of urea groups is 1. The van der Waals surface area contributed by atoms with Crippen molar-refractivity contribution in [3.63, 3.8) is 0 Å². The maximum absolute atomic E-state index is 14.5. The Bertz CT molecular complexity index is 2130. The first kappa shape index (κ1) is 65.9. The van der Waals surface area contributed by atoms with Gasteiger partial charge in [0.1, 0.15) is 48.0 Å². The second-order valence-electron chi connectivity index (χ2n) is 18.5. The van der Waals surface area contributed by atoms with Gasteiger partial charge in [0.25, 0.3) is 0 Å². The molecule has 1 aromatic carbocycles. The van der Waals surface area contributed by atoms with E-state index in [1.54, 1.807) is 0 Å². The summed E-state index contributed by atoms with van der Waals surface area (Å²) in [5.41, 5.74) is 33.9. The largest absolute Gasteiger partial charge is 0.508 e. The smallest absolute Gasteiger partial charge is 0.326 e. The summed E-state index contributed by atoms with van der Waals surface area (Å²) >= 11 is 4.19. The average Bonchev–Trinajstić information content (AvgIpc) is 3.88. The van der Waals surface area contributed by atoms with E-state index in [-0.39, 0.29) is 107 Å². The molecule has 1 aromatic rings. The van der Waals surface area contributed by atoms with E-state index in [0.717, 1.165) is 0 Å². The van der Waals surface area contributed by atoms with Gasteiger partial charge in [-0.15, -0.1) is 0 Å². The topological polar surface area (TPSA) is 509 Å². The number of nitrogens with one attached hydrogen (secondary N) is 11. The highest BCUT2D eigenvalue weighted by Gasteiger charge is 2.40. The summed E-state index contributed by atoms with van der Waals surface area (Å²) in [7, 11) is 0. The standard InChI is InChI=1S/C47H82N18O11S/c48-19-3-1-9-29(50)37(67)61-32(10-2-4-20-49)43(73)65-24-8-14-36(65)42(72)63-34(25-27-15-17-28(66)18-16-27)40(70)60-30(11-5-21-56-45(51)52)38(68)59-31(12-6-23-58-47(55)76)39(69)64-35(26-77)41(71)62-33(44(74)75)13-7-22-57-46(53)54/h15-18,29-36,66,77H,1-14,19-26,48-50H2,(H,59,68)(H,60,70)(H,61,67)(H,62,71)(H,63,72)(H,64,69)(H,74,75)(H4,51,52,56)(H4,53,54,57)(H3,55,58,76)/t29-,30-,31-,32+,33-,34-,35-,36-/m0/s1. The maximum atomic E-state index is 14.5. The van der Waals surface area contributed by atoms with Crippen LogP contribution in [0.5, 0.6) is 5.75 Å². The number of carbonyl (C=O) groups excluding carboxylic acids is 8. The van der Waals surface area contributed by atoms with E-state index in [4.69, 9.17) is 45.2 Å². The van der Waals surface area contributed by atoms with E-state index >= 15 is 0 Å². The van der Waals surface area contributed by atoms with Crippen molar-refractivity contribution < 1.29 is 53.4 Å². The molecule has 1 aliphatic heterocycles. The van der Waals surface area contributed by atoms with Gasteiger partial charge in [0, 0.05) is 38.4 Å². The minimum atomic E-state index is -1.45. The van der Waals surface area contributed by atoms with Crippen molar-refractivity contribution in [1.29, 1.82) is 10.8 Å². The zero-order valence-corrected chi connectivity index (χ0v) is 44.3. The van der Waals surface area contributed by atoms with E-state index in [1.807, 2.05) is 0 Å². The minimum Gasteiger partial charge on any atom is -0.508 e. The third-order valence-corrected chi connectivity index (χ3v) is 12.7. The molecule has 0 saturated carbocycles. The first-order chi connectivity index (χ1) is 36.6. The van der Waals surface area contributed by atoms with E-state index < -0.39 is 102 Å². The molecule has 0 radical (unpaired) electrons. The first-order valence-corrected chi connectivity index (χ1v) is 26.3. The number of primary amides is 1. The van der Waals surface area contributed by atoms with Gasteiger partial charge in [0.2, 0.25) is 41.4 Å². The molecule has 29 nitrogen and oxygen atoms in total. The number of phenolic OH excluding ortho intramolecular Hbond substituents is 1. The van der Waals surface area contributed by atoms with Crippen LogP contribution >= 0.6 is 12.6 Å². The van der Waals surface area contributed by atoms with Gasteiger partial charge in [-0.2, -0.15) is 12.6 Å². The number of rotatable bonds is 37. The lowest BCUT2D eigenvalue weighted by molar-refractivity contribution is -0.142. The van der Waals surface area contributed by atoms with Gasteiger partial charge < -0.3 is 97.4 Å². The molecular formula is C47H82N18O11S. The molecule has 1 aliphatic rings.